The zero-order valence-corrected chi connectivity index (χ0v) is 13.4. The van der Waals surface area contributed by atoms with Crippen LogP contribution in [0.5, 0.6) is 0 Å². The molecule has 114 valence electrons. The van der Waals surface area contributed by atoms with E-state index < -0.39 is 0 Å². The fourth-order valence-electron chi connectivity index (χ4n) is 2.08. The van der Waals surface area contributed by atoms with Crippen LogP contribution in [0.25, 0.3) is 17.5 Å². The zero-order chi connectivity index (χ0) is 16.1. The lowest BCUT2D eigenvalue weighted by Crippen LogP contribution is -1.95. The summed E-state index contributed by atoms with van der Waals surface area (Å²) in [5.41, 5.74) is 3.04. The molecule has 0 saturated carbocycles. The third-order valence-electron chi connectivity index (χ3n) is 3.16. The monoisotopic (exact) mass is 321 g/mol. The Balaban J connectivity index is 1.90. The standard InChI is InChI=1S/C17H15N5S/c1-13(11-14-5-3-2-4-6-14)12-19-22-16(20-21-17(22)23)15-7-9-18-10-8-15/h2-12H,1H3,(H,21,23)/b13-11?,19-12-. The quantitative estimate of drug-likeness (QED) is 0.585. The van der Waals surface area contributed by atoms with Crippen LogP contribution in [0.3, 0.4) is 0 Å². The van der Waals surface area contributed by atoms with Crippen molar-refractivity contribution in [3.63, 3.8) is 0 Å². The molecule has 2 heterocycles. The van der Waals surface area contributed by atoms with Gasteiger partial charge >= 0.3 is 0 Å². The summed E-state index contributed by atoms with van der Waals surface area (Å²) in [5, 5.41) is 11.4. The maximum absolute atomic E-state index is 5.25. The van der Waals surface area contributed by atoms with Crippen LogP contribution in [0.1, 0.15) is 12.5 Å². The number of nitrogens with one attached hydrogen (secondary N) is 1. The molecule has 0 aliphatic carbocycles. The molecule has 1 N–H and O–H groups in total. The van der Waals surface area contributed by atoms with E-state index in [1.165, 1.54) is 0 Å². The van der Waals surface area contributed by atoms with Crippen LogP contribution >= 0.6 is 12.2 Å². The molecule has 0 radical (unpaired) electrons. The molecule has 3 aromatic rings. The van der Waals surface area contributed by atoms with Crippen LogP contribution in [0.4, 0.5) is 0 Å². The van der Waals surface area contributed by atoms with Crippen LogP contribution in [-0.2, 0) is 0 Å². The van der Waals surface area contributed by atoms with Crippen molar-refractivity contribution >= 4 is 24.5 Å². The van der Waals surface area contributed by atoms with Crippen molar-refractivity contribution in [3.8, 4) is 11.4 Å². The molecule has 0 saturated heterocycles. The molecule has 6 heteroatoms. The number of allylic oxidation sites excluding steroid dienone is 1. The summed E-state index contributed by atoms with van der Waals surface area (Å²) >= 11 is 5.25. The maximum atomic E-state index is 5.25. The highest BCUT2D eigenvalue weighted by atomic mass is 32.1. The highest BCUT2D eigenvalue weighted by Gasteiger charge is 2.07. The van der Waals surface area contributed by atoms with Crippen molar-refractivity contribution in [1.29, 1.82) is 0 Å². The Bertz CT molecular complexity index is 891. The average molecular weight is 321 g/mol. The first-order valence-corrected chi connectivity index (χ1v) is 7.50. The van der Waals surface area contributed by atoms with Crippen molar-refractivity contribution in [1.82, 2.24) is 19.9 Å². The lowest BCUT2D eigenvalue weighted by atomic mass is 10.1. The van der Waals surface area contributed by atoms with Gasteiger partial charge in [0.1, 0.15) is 0 Å². The molecule has 0 unspecified atom stereocenters. The number of hydrogen-bond acceptors (Lipinski definition) is 4. The summed E-state index contributed by atoms with van der Waals surface area (Å²) in [6, 6.07) is 13.8. The summed E-state index contributed by atoms with van der Waals surface area (Å²) in [6.07, 6.45) is 7.24. The summed E-state index contributed by atoms with van der Waals surface area (Å²) in [5.74, 6) is 0.654. The van der Waals surface area contributed by atoms with E-state index in [2.05, 4.69) is 26.4 Å². The summed E-state index contributed by atoms with van der Waals surface area (Å²) in [7, 11) is 0. The van der Waals surface area contributed by atoms with Gasteiger partial charge < -0.3 is 0 Å². The SMILES string of the molecule is CC(=Cc1ccccc1)/C=N\n1c(-c2ccncc2)n[nH]c1=S. The minimum absolute atomic E-state index is 0.445. The van der Waals surface area contributed by atoms with Crippen LogP contribution in [0, 0.1) is 4.77 Å². The van der Waals surface area contributed by atoms with E-state index in [0.717, 1.165) is 16.7 Å². The fourth-order valence-corrected chi connectivity index (χ4v) is 2.26. The summed E-state index contributed by atoms with van der Waals surface area (Å²) < 4.78 is 2.05. The first kappa shape index (κ1) is 15.1. The van der Waals surface area contributed by atoms with E-state index >= 15 is 0 Å². The van der Waals surface area contributed by atoms with Gasteiger partial charge in [0.2, 0.25) is 4.77 Å². The minimum atomic E-state index is 0.445. The van der Waals surface area contributed by atoms with E-state index in [9.17, 15) is 0 Å². The Morgan fingerprint density at radius 1 is 1.17 bits per heavy atom. The van der Waals surface area contributed by atoms with Crippen molar-refractivity contribution in [2.24, 2.45) is 5.10 Å². The van der Waals surface area contributed by atoms with Crippen LogP contribution in [0.2, 0.25) is 0 Å². The largest absolute Gasteiger partial charge is 0.265 e. The van der Waals surface area contributed by atoms with Gasteiger partial charge in [0.15, 0.2) is 5.82 Å². The maximum Gasteiger partial charge on any atom is 0.216 e. The number of aromatic amines is 1. The smallest absolute Gasteiger partial charge is 0.216 e. The van der Waals surface area contributed by atoms with E-state index in [1.54, 1.807) is 23.3 Å². The second-order valence-corrected chi connectivity index (χ2v) is 5.33. The van der Waals surface area contributed by atoms with Crippen molar-refractivity contribution in [3.05, 3.63) is 70.8 Å². The molecule has 23 heavy (non-hydrogen) atoms. The van der Waals surface area contributed by atoms with Crippen molar-refractivity contribution in [2.45, 2.75) is 6.92 Å². The van der Waals surface area contributed by atoms with E-state index in [0.29, 0.717) is 10.6 Å². The van der Waals surface area contributed by atoms with E-state index in [1.807, 2.05) is 49.4 Å². The molecule has 0 bridgehead atoms. The van der Waals surface area contributed by atoms with Gasteiger partial charge in [-0.3, -0.25) is 4.98 Å². The molecule has 5 nitrogen and oxygen atoms in total. The highest BCUT2D eigenvalue weighted by Crippen LogP contribution is 2.15. The molecule has 0 aliphatic rings. The van der Waals surface area contributed by atoms with E-state index in [4.69, 9.17) is 12.2 Å². The van der Waals surface area contributed by atoms with Crippen LogP contribution in [-0.4, -0.2) is 26.1 Å². The predicted molar refractivity (Wildman–Crippen MR) is 94.6 cm³/mol. The molecular weight excluding hydrogens is 306 g/mol. The molecule has 0 aliphatic heterocycles. The van der Waals surface area contributed by atoms with Crippen LogP contribution < -0.4 is 0 Å². The number of pyridine rings is 1. The Morgan fingerprint density at radius 2 is 1.91 bits per heavy atom. The second-order valence-electron chi connectivity index (χ2n) is 4.94. The Labute approximate surface area is 139 Å². The highest BCUT2D eigenvalue weighted by molar-refractivity contribution is 7.71. The number of nitrogens with zero attached hydrogens (tertiary/aromatic N) is 4. The Hall–Kier alpha value is -2.86. The molecule has 0 atom stereocenters. The second kappa shape index (κ2) is 6.93. The Morgan fingerprint density at radius 3 is 2.65 bits per heavy atom. The summed E-state index contributed by atoms with van der Waals surface area (Å²) in [6.45, 7) is 1.99. The number of benzene rings is 1. The minimum Gasteiger partial charge on any atom is -0.265 e. The third kappa shape index (κ3) is 3.67. The normalized spacial score (nSPS) is 12.0. The van der Waals surface area contributed by atoms with Gasteiger partial charge in [0.25, 0.3) is 0 Å². The van der Waals surface area contributed by atoms with Gasteiger partial charge in [-0.2, -0.15) is 14.9 Å². The predicted octanol–water partition coefficient (Wildman–Crippen LogP) is 3.94. The van der Waals surface area contributed by atoms with E-state index in [-0.39, 0.29) is 0 Å². The average Bonchev–Trinajstić information content (AvgIpc) is 2.95. The summed E-state index contributed by atoms with van der Waals surface area (Å²) in [4.78, 5) is 4.01. The van der Waals surface area contributed by atoms with Crippen LogP contribution in [0.15, 0.2) is 65.5 Å². The molecule has 1 aromatic carbocycles. The molecule has 0 spiro atoms. The molecule has 0 fully saturated rings. The van der Waals surface area contributed by atoms with Gasteiger partial charge in [-0.25, -0.2) is 5.10 Å². The Kier molecular flexibility index (Phi) is 4.54. The van der Waals surface area contributed by atoms with Crippen molar-refractivity contribution in [2.75, 3.05) is 0 Å². The molecule has 2 aromatic heterocycles. The lowest BCUT2D eigenvalue weighted by Gasteiger charge is -2.00. The van der Waals surface area contributed by atoms with Gasteiger partial charge in [-0.1, -0.05) is 36.4 Å². The topological polar surface area (TPSA) is 58.9 Å². The van der Waals surface area contributed by atoms with Gasteiger partial charge in [0.05, 0.1) is 6.21 Å². The first-order chi connectivity index (χ1) is 11.2. The third-order valence-corrected chi connectivity index (χ3v) is 3.42. The van der Waals surface area contributed by atoms with Crippen molar-refractivity contribution < 1.29 is 0 Å². The molecule has 0 amide bonds. The van der Waals surface area contributed by atoms with Gasteiger partial charge in [0, 0.05) is 18.0 Å². The molecule has 3 rings (SSSR count). The zero-order valence-electron chi connectivity index (χ0n) is 12.5. The van der Waals surface area contributed by atoms with Gasteiger partial charge in [-0.15, -0.1) is 0 Å². The number of H-pyrrole nitrogens is 1. The van der Waals surface area contributed by atoms with Gasteiger partial charge in [-0.05, 0) is 42.4 Å². The first-order valence-electron chi connectivity index (χ1n) is 7.09. The fraction of sp³-hybridized carbons (Fsp3) is 0.0588. The number of hydrogen-bond donors (Lipinski definition) is 1. The number of aromatic nitrogens is 4. The molecular formula is C17H15N5S. The lowest BCUT2D eigenvalue weighted by molar-refractivity contribution is 0.871. The number of rotatable bonds is 4.